The minimum atomic E-state index is -1.81. The number of nitrogens with zero attached hydrogens (tertiary/aromatic N) is 3. The Labute approximate surface area is 117 Å². The molecule has 2 aromatic heterocycles. The van der Waals surface area contributed by atoms with Crippen LogP contribution in [-0.4, -0.2) is 47.0 Å². The number of nitrogen functional groups attached to an aromatic ring is 1. The van der Waals surface area contributed by atoms with Crippen molar-refractivity contribution in [2.45, 2.75) is 18.8 Å². The van der Waals surface area contributed by atoms with Gasteiger partial charge in [-0.2, -0.15) is 4.98 Å². The van der Waals surface area contributed by atoms with Crippen LogP contribution in [0.1, 0.15) is 13.2 Å². The lowest BCUT2D eigenvalue weighted by atomic mass is 10.0. The first kappa shape index (κ1) is 13.4. The summed E-state index contributed by atoms with van der Waals surface area (Å²) in [5.41, 5.74) is 3.25. The van der Waals surface area contributed by atoms with Crippen molar-refractivity contribution < 1.29 is 20.1 Å². The number of ether oxygens (including phenoxy) is 1. The number of fused-ring (bicyclic) bond motifs is 1. The summed E-state index contributed by atoms with van der Waals surface area (Å²) in [4.78, 5) is 21.9. The molecule has 0 spiro atoms. The van der Waals surface area contributed by atoms with E-state index in [1.165, 1.54) is 17.8 Å². The molecule has 10 heteroatoms. The van der Waals surface area contributed by atoms with Crippen LogP contribution >= 0.6 is 0 Å². The Hall–Kier alpha value is -2.59. The average molecular weight is 295 g/mol. The van der Waals surface area contributed by atoms with Crippen LogP contribution in [0.2, 0.25) is 0 Å². The molecular formula is C11H13N5O5. The Balaban J connectivity index is 2.17. The molecule has 1 aliphatic heterocycles. The number of nitrogens with one attached hydrogen (secondary N) is 1. The molecule has 3 heterocycles. The molecule has 0 amide bonds. The van der Waals surface area contributed by atoms with Gasteiger partial charge in [-0.1, -0.05) is 0 Å². The van der Waals surface area contributed by atoms with Gasteiger partial charge in [-0.05, 0) is 6.92 Å². The number of rotatable bonds is 2. The third kappa shape index (κ3) is 1.76. The number of hydrogen-bond acceptors (Lipinski definition) is 8. The molecule has 0 aromatic carbocycles. The molecule has 2 atom stereocenters. The number of aliphatic hydroxyl groups excluding tert-OH is 2. The zero-order chi connectivity index (χ0) is 15.4. The number of anilines is 1. The van der Waals surface area contributed by atoms with Crippen molar-refractivity contribution >= 4 is 17.1 Å². The lowest BCUT2D eigenvalue weighted by Gasteiger charge is -2.25. The van der Waals surface area contributed by atoms with E-state index in [4.69, 9.17) is 15.6 Å². The van der Waals surface area contributed by atoms with E-state index in [-0.39, 0.29) is 22.9 Å². The van der Waals surface area contributed by atoms with E-state index < -0.39 is 29.8 Å². The normalized spacial score (nSPS) is 25.6. The molecule has 10 nitrogen and oxygen atoms in total. The monoisotopic (exact) mass is 295 g/mol. The van der Waals surface area contributed by atoms with E-state index in [1.807, 2.05) is 0 Å². The minimum absolute atomic E-state index is 0.0144. The van der Waals surface area contributed by atoms with E-state index in [1.54, 1.807) is 0 Å². The second-order valence-corrected chi connectivity index (χ2v) is 4.82. The molecule has 0 saturated carbocycles. The van der Waals surface area contributed by atoms with Crippen LogP contribution in [0.5, 0.6) is 0 Å². The first-order valence-corrected chi connectivity index (χ1v) is 6.01. The molecule has 0 fully saturated rings. The molecular weight excluding hydrogens is 282 g/mol. The third-order valence-corrected chi connectivity index (χ3v) is 3.33. The van der Waals surface area contributed by atoms with Gasteiger partial charge in [0, 0.05) is 0 Å². The molecule has 2 aromatic rings. The molecule has 112 valence electrons. The largest absolute Gasteiger partial charge is 0.506 e. The van der Waals surface area contributed by atoms with Crippen LogP contribution < -0.4 is 11.3 Å². The second kappa shape index (κ2) is 4.20. The van der Waals surface area contributed by atoms with Gasteiger partial charge in [-0.25, -0.2) is 4.98 Å². The van der Waals surface area contributed by atoms with Crippen molar-refractivity contribution in [3.63, 3.8) is 0 Å². The number of imidazole rings is 1. The Morgan fingerprint density at radius 3 is 2.95 bits per heavy atom. The Bertz CT molecular complexity index is 805. The van der Waals surface area contributed by atoms with E-state index in [2.05, 4.69) is 15.0 Å². The van der Waals surface area contributed by atoms with Crippen LogP contribution in [-0.2, 0) is 4.74 Å². The SMILES string of the molecule is C[C@@]1(O)C(O)=C(CO)OC1n1cnc2c(=O)[nH]c(N)nc21. The molecule has 3 rings (SSSR count). The van der Waals surface area contributed by atoms with Gasteiger partial charge in [0.05, 0.1) is 0 Å². The molecule has 6 N–H and O–H groups in total. The number of nitrogens with two attached hydrogens (primary N) is 1. The summed E-state index contributed by atoms with van der Waals surface area (Å²) < 4.78 is 6.59. The lowest BCUT2D eigenvalue weighted by Crippen LogP contribution is -2.35. The number of aromatic nitrogens is 4. The first-order valence-electron chi connectivity index (χ1n) is 6.01. The smallest absolute Gasteiger partial charge is 0.280 e. The average Bonchev–Trinajstić information content (AvgIpc) is 2.91. The van der Waals surface area contributed by atoms with Gasteiger partial charge in [-0.15, -0.1) is 0 Å². The Morgan fingerprint density at radius 1 is 1.62 bits per heavy atom. The minimum Gasteiger partial charge on any atom is -0.506 e. The highest BCUT2D eigenvalue weighted by molar-refractivity contribution is 5.70. The highest BCUT2D eigenvalue weighted by Crippen LogP contribution is 2.40. The number of hydrogen-bond donors (Lipinski definition) is 5. The van der Waals surface area contributed by atoms with E-state index in [0.717, 1.165) is 0 Å². The quantitative estimate of drug-likeness (QED) is 0.459. The molecule has 0 saturated heterocycles. The molecule has 21 heavy (non-hydrogen) atoms. The fourth-order valence-corrected chi connectivity index (χ4v) is 2.26. The fraction of sp³-hybridized carbons (Fsp3) is 0.364. The first-order chi connectivity index (χ1) is 9.86. The highest BCUT2D eigenvalue weighted by Gasteiger charge is 2.48. The van der Waals surface area contributed by atoms with Crippen molar-refractivity contribution in [1.29, 1.82) is 0 Å². The van der Waals surface area contributed by atoms with Crippen molar-refractivity contribution in [1.82, 2.24) is 19.5 Å². The Morgan fingerprint density at radius 2 is 2.33 bits per heavy atom. The van der Waals surface area contributed by atoms with Crippen molar-refractivity contribution in [2.24, 2.45) is 0 Å². The van der Waals surface area contributed by atoms with Crippen molar-refractivity contribution in [3.05, 3.63) is 28.2 Å². The molecule has 1 aliphatic rings. The lowest BCUT2D eigenvalue weighted by molar-refractivity contribution is -0.0744. The van der Waals surface area contributed by atoms with E-state index in [0.29, 0.717) is 0 Å². The third-order valence-electron chi connectivity index (χ3n) is 3.33. The van der Waals surface area contributed by atoms with Crippen LogP contribution in [0.15, 0.2) is 22.6 Å². The summed E-state index contributed by atoms with van der Waals surface area (Å²) in [6, 6.07) is 0. The zero-order valence-corrected chi connectivity index (χ0v) is 10.9. The van der Waals surface area contributed by atoms with Gasteiger partial charge in [-0.3, -0.25) is 14.3 Å². The summed E-state index contributed by atoms with van der Waals surface area (Å²) in [5.74, 6) is -0.772. The number of aliphatic hydroxyl groups is 3. The molecule has 0 aliphatic carbocycles. The van der Waals surface area contributed by atoms with Crippen LogP contribution in [0.25, 0.3) is 11.2 Å². The molecule has 0 radical (unpaired) electrons. The van der Waals surface area contributed by atoms with E-state index in [9.17, 15) is 15.0 Å². The predicted octanol–water partition coefficient (Wildman–Crippen LogP) is -1.26. The maximum atomic E-state index is 11.7. The fourth-order valence-electron chi connectivity index (χ4n) is 2.26. The van der Waals surface area contributed by atoms with Gasteiger partial charge in [0.2, 0.25) is 12.2 Å². The van der Waals surface area contributed by atoms with Gasteiger partial charge >= 0.3 is 0 Å². The zero-order valence-electron chi connectivity index (χ0n) is 10.9. The standard InChI is InChI=1S/C11H13N5O5/c1-11(20)6(18)4(2-17)21-9(11)16-3-13-5-7(16)14-10(12)15-8(5)19/h3,9,17-18,20H,2H2,1H3,(H3,12,14,15,19)/t9?,11-/m1/s1. The summed E-state index contributed by atoms with van der Waals surface area (Å²) in [6.07, 6.45) is 0.0948. The maximum Gasteiger partial charge on any atom is 0.280 e. The van der Waals surface area contributed by atoms with E-state index >= 15 is 0 Å². The second-order valence-electron chi connectivity index (χ2n) is 4.82. The van der Waals surface area contributed by atoms with Crippen molar-refractivity contribution in [3.8, 4) is 0 Å². The molecule has 1 unspecified atom stereocenters. The van der Waals surface area contributed by atoms with Gasteiger partial charge in [0.15, 0.2) is 28.3 Å². The van der Waals surface area contributed by atoms with Gasteiger partial charge in [0.1, 0.15) is 12.9 Å². The Kier molecular flexibility index (Phi) is 2.68. The summed E-state index contributed by atoms with van der Waals surface area (Å²) in [7, 11) is 0. The predicted molar refractivity (Wildman–Crippen MR) is 70.0 cm³/mol. The maximum absolute atomic E-state index is 11.7. The van der Waals surface area contributed by atoms with Crippen LogP contribution in [0.4, 0.5) is 5.95 Å². The summed E-state index contributed by atoms with van der Waals surface area (Å²) >= 11 is 0. The van der Waals surface area contributed by atoms with Crippen LogP contribution in [0, 0.1) is 0 Å². The number of aromatic amines is 1. The summed E-state index contributed by atoms with van der Waals surface area (Å²) in [6.45, 7) is 0.722. The van der Waals surface area contributed by atoms with Crippen LogP contribution in [0.3, 0.4) is 0 Å². The summed E-state index contributed by atoms with van der Waals surface area (Å²) in [5, 5.41) is 29.3. The van der Waals surface area contributed by atoms with Crippen molar-refractivity contribution in [2.75, 3.05) is 12.3 Å². The number of H-pyrrole nitrogens is 1. The van der Waals surface area contributed by atoms with Gasteiger partial charge < -0.3 is 25.8 Å². The highest BCUT2D eigenvalue weighted by atomic mass is 16.6. The molecule has 0 bridgehead atoms. The topological polar surface area (TPSA) is 160 Å². The van der Waals surface area contributed by atoms with Gasteiger partial charge in [0.25, 0.3) is 5.56 Å².